The van der Waals surface area contributed by atoms with Crippen LogP contribution in [0.4, 0.5) is 4.79 Å². The molecule has 0 bridgehead atoms. The van der Waals surface area contributed by atoms with Gasteiger partial charge in [0.2, 0.25) is 0 Å². The molecule has 0 aliphatic carbocycles. The predicted octanol–water partition coefficient (Wildman–Crippen LogP) is 5.22. The summed E-state index contributed by atoms with van der Waals surface area (Å²) in [4.78, 5) is 14.0. The number of thioether (sulfide) groups is 1. The Morgan fingerprint density at radius 3 is 2.49 bits per heavy atom. The maximum Gasteiger partial charge on any atom is 0.137 e. The monoisotopic (exact) mass is 488 g/mol. The van der Waals surface area contributed by atoms with Crippen LogP contribution in [0.1, 0.15) is 29.0 Å². The maximum atomic E-state index is 11.5. The Morgan fingerprint density at radius 1 is 1.06 bits per heavy atom. The predicted molar refractivity (Wildman–Crippen MR) is 139 cm³/mol. The Bertz CT molecular complexity index is 1100. The van der Waals surface area contributed by atoms with E-state index < -0.39 is 6.09 Å². The Kier molecular flexibility index (Phi) is 8.87. The van der Waals surface area contributed by atoms with Gasteiger partial charge in [0.1, 0.15) is 18.4 Å². The Hall–Kier alpha value is -3.22. The summed E-state index contributed by atoms with van der Waals surface area (Å²) in [6.45, 7) is 1.67. The molecule has 4 rings (SSSR count). The fourth-order valence-electron chi connectivity index (χ4n) is 4.26. The summed E-state index contributed by atoms with van der Waals surface area (Å²) in [6, 6.07) is 26.4. The van der Waals surface area contributed by atoms with E-state index in [0.717, 1.165) is 22.4 Å². The third-order valence-electron chi connectivity index (χ3n) is 6.20. The molecule has 3 aromatic carbocycles. The van der Waals surface area contributed by atoms with Crippen LogP contribution < -0.4 is 9.84 Å². The van der Waals surface area contributed by atoms with Gasteiger partial charge in [0.05, 0.1) is 12.7 Å². The average Bonchev–Trinajstić information content (AvgIpc) is 2.91. The number of nitrogens with zero attached hydrogens (tertiary/aromatic N) is 1. The Morgan fingerprint density at radius 2 is 1.80 bits per heavy atom. The minimum Gasteiger partial charge on any atom is -0.530 e. The van der Waals surface area contributed by atoms with Gasteiger partial charge in [0, 0.05) is 23.9 Å². The number of piperidine rings is 1. The maximum absolute atomic E-state index is 11.5. The van der Waals surface area contributed by atoms with Crippen LogP contribution in [0.25, 0.3) is 6.08 Å². The first-order valence-corrected chi connectivity index (χ1v) is 13.0. The van der Waals surface area contributed by atoms with Gasteiger partial charge in [-0.25, -0.2) is 0 Å². The lowest BCUT2D eigenvalue weighted by Crippen LogP contribution is -2.51. The van der Waals surface area contributed by atoms with Crippen LogP contribution in [-0.2, 0) is 11.3 Å². The van der Waals surface area contributed by atoms with E-state index in [4.69, 9.17) is 9.47 Å². The van der Waals surface area contributed by atoms with Gasteiger partial charge in [-0.05, 0) is 59.7 Å². The second-order valence-corrected chi connectivity index (χ2v) is 9.38. The molecule has 1 aliphatic rings. The van der Waals surface area contributed by atoms with Crippen molar-refractivity contribution in [2.45, 2.75) is 29.9 Å². The van der Waals surface area contributed by atoms with Crippen LogP contribution in [0.3, 0.4) is 0 Å². The van der Waals surface area contributed by atoms with Crippen molar-refractivity contribution in [2.24, 2.45) is 0 Å². The first-order chi connectivity index (χ1) is 17.1. The second-order valence-electron chi connectivity index (χ2n) is 8.50. The van der Waals surface area contributed by atoms with Crippen molar-refractivity contribution in [3.63, 3.8) is 0 Å². The Balaban J connectivity index is 1.37. The zero-order valence-corrected chi connectivity index (χ0v) is 20.7. The lowest BCUT2D eigenvalue weighted by molar-refractivity contribution is -0.268. The van der Waals surface area contributed by atoms with Gasteiger partial charge < -0.3 is 24.3 Å². The molecule has 2 atom stereocenters. The molecule has 182 valence electrons. The molecule has 0 spiro atoms. The topological polar surface area (TPSA) is 61.8 Å². The molecule has 1 amide bonds. The number of carbonyl (C=O) groups excluding carboxylic acids is 1. The number of carbonyl (C=O) groups is 1. The van der Waals surface area contributed by atoms with Crippen LogP contribution in [0.5, 0.6) is 5.75 Å². The molecule has 0 radical (unpaired) electrons. The second kappa shape index (κ2) is 12.5. The molecule has 0 aromatic heterocycles. The Labute approximate surface area is 211 Å². The van der Waals surface area contributed by atoms with E-state index in [9.17, 15) is 9.90 Å². The molecular formula is C29H30NO4S-. The van der Waals surface area contributed by atoms with Crippen molar-refractivity contribution in [1.82, 2.24) is 4.90 Å². The molecule has 1 aliphatic heterocycles. The highest BCUT2D eigenvalue weighted by molar-refractivity contribution is 7.98. The van der Waals surface area contributed by atoms with Crippen molar-refractivity contribution < 1.29 is 19.4 Å². The quantitative estimate of drug-likeness (QED) is 0.387. The number of amides is 1. The third kappa shape index (κ3) is 7.13. The summed E-state index contributed by atoms with van der Waals surface area (Å²) in [5.74, 6) is 0.896. The lowest BCUT2D eigenvalue weighted by atomic mass is 9.87. The molecule has 1 heterocycles. The number of hydrogen-bond acceptors (Lipinski definition) is 5. The van der Waals surface area contributed by atoms with Gasteiger partial charge in [0.15, 0.2) is 0 Å². The first kappa shape index (κ1) is 24.9. The van der Waals surface area contributed by atoms with Crippen molar-refractivity contribution in [1.29, 1.82) is 0 Å². The van der Waals surface area contributed by atoms with Gasteiger partial charge in [-0.3, -0.25) is 0 Å². The van der Waals surface area contributed by atoms with E-state index in [-0.39, 0.29) is 12.0 Å². The third-order valence-corrected chi connectivity index (χ3v) is 6.95. The molecule has 1 saturated heterocycles. The van der Waals surface area contributed by atoms with Gasteiger partial charge in [-0.15, -0.1) is 11.8 Å². The fourth-order valence-corrected chi connectivity index (χ4v) is 4.67. The largest absolute Gasteiger partial charge is 0.530 e. The highest BCUT2D eigenvalue weighted by Crippen LogP contribution is 2.32. The first-order valence-electron chi connectivity index (χ1n) is 11.8. The smallest absolute Gasteiger partial charge is 0.137 e. The summed E-state index contributed by atoms with van der Waals surface area (Å²) in [5.41, 5.74) is 3.33. The minimum atomic E-state index is -1.14. The zero-order chi connectivity index (χ0) is 24.5. The van der Waals surface area contributed by atoms with Crippen LogP contribution >= 0.6 is 11.8 Å². The zero-order valence-electron chi connectivity index (χ0n) is 19.8. The van der Waals surface area contributed by atoms with Crippen molar-refractivity contribution in [3.8, 4) is 5.75 Å². The van der Waals surface area contributed by atoms with Crippen molar-refractivity contribution in [2.75, 3.05) is 26.0 Å². The van der Waals surface area contributed by atoms with E-state index in [1.54, 1.807) is 11.8 Å². The summed E-state index contributed by atoms with van der Waals surface area (Å²) in [6.07, 6.45) is 5.37. The van der Waals surface area contributed by atoms with Crippen molar-refractivity contribution in [3.05, 3.63) is 102 Å². The van der Waals surface area contributed by atoms with Crippen LogP contribution in [0.15, 0.2) is 89.8 Å². The molecule has 2 unspecified atom stereocenters. The highest BCUT2D eigenvalue weighted by Gasteiger charge is 2.31. The standard InChI is InChI=1S/C29H31NO4S/c1-35-26-15-9-23(10-16-26)21-34-28-20-30(29(31)32)18-17-27(28)24-11-13-25(14-12-24)33-19-5-8-22-6-3-2-4-7-22/h2-16,27-28H,17-21H2,1H3,(H,31,32)/p-1/b8-5+. The minimum absolute atomic E-state index is 0.100. The molecule has 0 saturated carbocycles. The van der Waals surface area contributed by atoms with E-state index in [1.807, 2.05) is 48.7 Å². The summed E-state index contributed by atoms with van der Waals surface area (Å²) < 4.78 is 12.1. The molecule has 0 N–H and O–H groups in total. The van der Waals surface area contributed by atoms with E-state index >= 15 is 0 Å². The normalized spacial score (nSPS) is 18.0. The molecule has 35 heavy (non-hydrogen) atoms. The number of rotatable bonds is 9. The van der Waals surface area contributed by atoms with Crippen LogP contribution in [-0.4, -0.2) is 43.0 Å². The number of hydrogen-bond donors (Lipinski definition) is 0. The van der Waals surface area contributed by atoms with Crippen LogP contribution in [0, 0.1) is 0 Å². The average molecular weight is 489 g/mol. The SMILES string of the molecule is CSc1ccc(COC2CN(C(=O)[O-])CCC2c2ccc(OC/C=C/c3ccccc3)cc2)cc1. The van der Waals surface area contributed by atoms with Gasteiger partial charge in [-0.1, -0.05) is 60.7 Å². The number of benzene rings is 3. The van der Waals surface area contributed by atoms with E-state index in [0.29, 0.717) is 32.7 Å². The molecule has 3 aromatic rings. The molecule has 6 heteroatoms. The summed E-state index contributed by atoms with van der Waals surface area (Å²) >= 11 is 1.70. The van der Waals surface area contributed by atoms with Gasteiger partial charge >= 0.3 is 0 Å². The molecule has 5 nitrogen and oxygen atoms in total. The number of ether oxygens (including phenoxy) is 2. The van der Waals surface area contributed by atoms with E-state index in [1.165, 1.54) is 9.80 Å². The lowest BCUT2D eigenvalue weighted by Gasteiger charge is -2.40. The van der Waals surface area contributed by atoms with Gasteiger partial charge in [-0.2, -0.15) is 0 Å². The molecule has 1 fully saturated rings. The fraction of sp³-hybridized carbons (Fsp3) is 0.276. The molecular weight excluding hydrogens is 458 g/mol. The summed E-state index contributed by atoms with van der Waals surface area (Å²) in [7, 11) is 0. The summed E-state index contributed by atoms with van der Waals surface area (Å²) in [5, 5.41) is 11.5. The van der Waals surface area contributed by atoms with Gasteiger partial charge in [0.25, 0.3) is 0 Å². The van der Waals surface area contributed by atoms with Crippen LogP contribution in [0.2, 0.25) is 0 Å². The number of likely N-dealkylation sites (tertiary alicyclic amines) is 1. The highest BCUT2D eigenvalue weighted by atomic mass is 32.2. The van der Waals surface area contributed by atoms with E-state index in [2.05, 4.69) is 48.5 Å². The number of carboxylic acid groups (broad SMARTS) is 1. The van der Waals surface area contributed by atoms with Crippen molar-refractivity contribution >= 4 is 23.9 Å².